The van der Waals surface area contributed by atoms with E-state index in [1.807, 2.05) is 30.3 Å². The maximum atomic E-state index is 11.6. The van der Waals surface area contributed by atoms with Crippen molar-refractivity contribution < 1.29 is 9.90 Å². The molecule has 1 saturated heterocycles. The predicted molar refractivity (Wildman–Crippen MR) is 97.3 cm³/mol. The number of rotatable bonds is 6. The molecule has 5 heteroatoms. The summed E-state index contributed by atoms with van der Waals surface area (Å²) in [6.07, 6.45) is 1.73. The first kappa shape index (κ1) is 17.4. The smallest absolute Gasteiger partial charge is 0.310 e. The van der Waals surface area contributed by atoms with Crippen molar-refractivity contribution in [2.75, 3.05) is 6.54 Å². The Balaban J connectivity index is 1.98. The molecule has 1 atom stereocenters. The van der Waals surface area contributed by atoms with Crippen LogP contribution in [0, 0.1) is 0 Å². The maximum absolute atomic E-state index is 11.6. The van der Waals surface area contributed by atoms with Crippen LogP contribution < -0.4 is 0 Å². The summed E-state index contributed by atoms with van der Waals surface area (Å²) in [6.45, 7) is 11.0. The first-order chi connectivity index (χ1) is 10.2. The molecule has 1 unspecified atom stereocenters. The molecular weight excluding hydrogens is 306 g/mol. The first-order valence-electron chi connectivity index (χ1n) is 8.29. The lowest BCUT2D eigenvalue weighted by Gasteiger charge is -2.39. The van der Waals surface area contributed by atoms with Crippen LogP contribution >= 0.6 is 0 Å². The molecule has 22 heavy (non-hydrogen) atoms. The molecule has 1 aromatic rings. The fourth-order valence-electron chi connectivity index (χ4n) is 3.88. The third-order valence-electron chi connectivity index (χ3n) is 5.18. The third-order valence-corrected chi connectivity index (χ3v) is 15.6. The number of aliphatic carboxylic acids is 1. The number of carboxylic acids is 1. The SMILES string of the molecule is C[Si]1(C)CC[Si](C)(C)N1CCCC(C(=O)O)c1ccccc1. The highest BCUT2D eigenvalue weighted by Gasteiger charge is 2.46. The molecule has 3 nitrogen and oxygen atoms in total. The summed E-state index contributed by atoms with van der Waals surface area (Å²) >= 11 is 0. The summed E-state index contributed by atoms with van der Waals surface area (Å²) in [5, 5.41) is 9.53. The minimum atomic E-state index is -1.24. The van der Waals surface area contributed by atoms with Crippen molar-refractivity contribution in [1.82, 2.24) is 4.23 Å². The van der Waals surface area contributed by atoms with E-state index in [-0.39, 0.29) is 5.92 Å². The zero-order valence-electron chi connectivity index (χ0n) is 14.3. The minimum Gasteiger partial charge on any atom is -0.481 e. The molecule has 1 heterocycles. The van der Waals surface area contributed by atoms with Gasteiger partial charge in [0.1, 0.15) is 16.5 Å². The zero-order chi connectivity index (χ0) is 16.4. The third kappa shape index (κ3) is 3.88. The van der Waals surface area contributed by atoms with Gasteiger partial charge >= 0.3 is 5.97 Å². The normalized spacial score (nSPS) is 21.6. The fourth-order valence-corrected chi connectivity index (χ4v) is 18.1. The lowest BCUT2D eigenvalue weighted by molar-refractivity contribution is -0.139. The second-order valence-electron chi connectivity index (χ2n) is 7.72. The zero-order valence-corrected chi connectivity index (χ0v) is 16.3. The van der Waals surface area contributed by atoms with Gasteiger partial charge in [0.25, 0.3) is 0 Å². The molecular formula is C17H29NO2Si2. The van der Waals surface area contributed by atoms with E-state index in [0.717, 1.165) is 24.9 Å². The molecule has 0 radical (unpaired) electrons. The van der Waals surface area contributed by atoms with E-state index in [1.54, 1.807) is 0 Å². The second kappa shape index (κ2) is 6.68. The fraction of sp³-hybridized carbons (Fsp3) is 0.588. The van der Waals surface area contributed by atoms with Gasteiger partial charge in [-0.25, -0.2) is 0 Å². The average molecular weight is 336 g/mol. The average Bonchev–Trinajstić information content (AvgIpc) is 2.65. The summed E-state index contributed by atoms with van der Waals surface area (Å²) in [4.78, 5) is 11.6. The van der Waals surface area contributed by atoms with E-state index >= 15 is 0 Å². The Labute approximate surface area is 136 Å². The van der Waals surface area contributed by atoms with Crippen molar-refractivity contribution in [3.8, 4) is 0 Å². The molecule has 1 aromatic carbocycles. The summed E-state index contributed by atoms with van der Waals surface area (Å²) in [5.41, 5.74) is 0.935. The molecule has 1 aliphatic heterocycles. The minimum absolute atomic E-state index is 0.363. The van der Waals surface area contributed by atoms with Crippen LogP contribution in [-0.4, -0.2) is 38.3 Å². The van der Waals surface area contributed by atoms with Gasteiger partial charge in [0.05, 0.1) is 5.92 Å². The van der Waals surface area contributed by atoms with Gasteiger partial charge in [-0.15, -0.1) is 0 Å². The van der Waals surface area contributed by atoms with Crippen LogP contribution in [0.25, 0.3) is 0 Å². The number of nitrogens with zero attached hydrogens (tertiary/aromatic N) is 1. The van der Waals surface area contributed by atoms with Crippen LogP contribution in [-0.2, 0) is 4.79 Å². The van der Waals surface area contributed by atoms with Gasteiger partial charge in [-0.05, 0) is 37.0 Å². The van der Waals surface area contributed by atoms with Crippen molar-refractivity contribution in [2.45, 2.75) is 57.0 Å². The highest BCUT2D eigenvalue weighted by molar-refractivity contribution is 6.95. The summed E-state index contributed by atoms with van der Waals surface area (Å²) in [5.74, 6) is -1.06. The Bertz CT molecular complexity index is 501. The van der Waals surface area contributed by atoms with E-state index in [2.05, 4.69) is 30.4 Å². The summed E-state index contributed by atoms with van der Waals surface area (Å²) < 4.78 is 2.84. The van der Waals surface area contributed by atoms with Gasteiger partial charge in [-0.2, -0.15) is 0 Å². The quantitative estimate of drug-likeness (QED) is 0.785. The lowest BCUT2D eigenvalue weighted by atomic mass is 9.94. The van der Waals surface area contributed by atoms with Crippen molar-refractivity contribution >= 4 is 22.4 Å². The van der Waals surface area contributed by atoms with E-state index in [9.17, 15) is 9.90 Å². The molecule has 1 fully saturated rings. The van der Waals surface area contributed by atoms with Crippen molar-refractivity contribution in [1.29, 1.82) is 0 Å². The molecule has 0 bridgehead atoms. The van der Waals surface area contributed by atoms with Crippen molar-refractivity contribution in [3.05, 3.63) is 35.9 Å². The molecule has 1 aliphatic rings. The van der Waals surface area contributed by atoms with Crippen LogP contribution in [0.5, 0.6) is 0 Å². The lowest BCUT2D eigenvalue weighted by Crippen LogP contribution is -2.55. The number of hydrogen-bond acceptors (Lipinski definition) is 2. The molecule has 122 valence electrons. The van der Waals surface area contributed by atoms with Gasteiger partial charge in [-0.1, -0.05) is 56.5 Å². The first-order valence-corrected chi connectivity index (χ1v) is 14.6. The van der Waals surface area contributed by atoms with Gasteiger partial charge in [0.2, 0.25) is 0 Å². The molecule has 1 N–H and O–H groups in total. The van der Waals surface area contributed by atoms with Gasteiger partial charge < -0.3 is 9.34 Å². The van der Waals surface area contributed by atoms with Crippen LogP contribution in [0.4, 0.5) is 0 Å². The highest BCUT2D eigenvalue weighted by Crippen LogP contribution is 2.37. The maximum Gasteiger partial charge on any atom is 0.310 e. The van der Waals surface area contributed by atoms with E-state index in [4.69, 9.17) is 0 Å². The van der Waals surface area contributed by atoms with Gasteiger partial charge in [0.15, 0.2) is 0 Å². The van der Waals surface area contributed by atoms with E-state index in [1.165, 1.54) is 12.1 Å². The summed E-state index contributed by atoms with van der Waals surface area (Å²) in [6, 6.07) is 12.5. The van der Waals surface area contributed by atoms with E-state index in [0.29, 0.717) is 0 Å². The van der Waals surface area contributed by atoms with Gasteiger partial charge in [-0.3, -0.25) is 4.79 Å². The molecule has 0 amide bonds. The predicted octanol–water partition coefficient (Wildman–Crippen LogP) is 4.36. The Hall–Kier alpha value is -0.916. The highest BCUT2D eigenvalue weighted by atomic mass is 28.4. The Kier molecular flexibility index (Phi) is 5.30. The molecule has 2 rings (SSSR count). The topological polar surface area (TPSA) is 40.5 Å². The Morgan fingerprint density at radius 3 is 2.18 bits per heavy atom. The van der Waals surface area contributed by atoms with E-state index < -0.39 is 22.4 Å². The molecule has 0 spiro atoms. The standard InChI is InChI=1S/C17H29NO2Si2/c1-21(2)13-14-22(3,4)18(21)12-8-11-16(17(19)20)15-9-6-5-7-10-15/h5-7,9-10,16H,8,11-14H2,1-4H3,(H,19,20). The Morgan fingerprint density at radius 2 is 1.68 bits per heavy atom. The van der Waals surface area contributed by atoms with Crippen molar-refractivity contribution in [2.24, 2.45) is 0 Å². The largest absolute Gasteiger partial charge is 0.481 e. The molecule has 0 saturated carbocycles. The van der Waals surface area contributed by atoms with Crippen LogP contribution in [0.15, 0.2) is 30.3 Å². The monoisotopic (exact) mass is 335 g/mol. The van der Waals surface area contributed by atoms with Crippen LogP contribution in [0.3, 0.4) is 0 Å². The van der Waals surface area contributed by atoms with Crippen LogP contribution in [0.1, 0.15) is 24.3 Å². The van der Waals surface area contributed by atoms with Crippen LogP contribution in [0.2, 0.25) is 38.3 Å². The number of benzene rings is 1. The summed E-state index contributed by atoms with van der Waals surface area (Å²) in [7, 11) is -2.47. The van der Waals surface area contributed by atoms with Gasteiger partial charge in [0, 0.05) is 0 Å². The second-order valence-corrected chi connectivity index (χ2v) is 17.5. The molecule has 0 aliphatic carbocycles. The Morgan fingerprint density at radius 1 is 1.14 bits per heavy atom. The van der Waals surface area contributed by atoms with Crippen molar-refractivity contribution in [3.63, 3.8) is 0 Å². The molecule has 0 aromatic heterocycles. The number of carboxylic acid groups (broad SMARTS) is 1. The number of hydrogen-bond donors (Lipinski definition) is 1. The number of carbonyl (C=O) groups is 1.